The number of rotatable bonds is 9. The molecule has 0 spiro atoms. The molecular weight excluding hydrogens is 389 g/mol. The van der Waals surface area contributed by atoms with E-state index in [-0.39, 0.29) is 23.7 Å². The predicted octanol–water partition coefficient (Wildman–Crippen LogP) is 7.23. The lowest BCUT2D eigenvalue weighted by Crippen LogP contribution is -2.01. The molecule has 3 aromatic carbocycles. The minimum Gasteiger partial charge on any atom is -0.490 e. The van der Waals surface area contributed by atoms with E-state index in [9.17, 15) is 13.2 Å². The van der Waals surface area contributed by atoms with E-state index in [0.717, 1.165) is 24.8 Å². The Morgan fingerprint density at radius 1 is 0.800 bits per heavy atom. The van der Waals surface area contributed by atoms with Gasteiger partial charge in [-0.1, -0.05) is 44.0 Å². The van der Waals surface area contributed by atoms with Gasteiger partial charge in [0, 0.05) is 11.1 Å². The van der Waals surface area contributed by atoms with Crippen LogP contribution in [0, 0.1) is 24.4 Å². The second-order valence-electron chi connectivity index (χ2n) is 7.20. The molecule has 0 N–H and O–H groups in total. The molecule has 3 aromatic rings. The molecule has 5 heteroatoms. The summed E-state index contributed by atoms with van der Waals surface area (Å²) in [7, 11) is 0. The van der Waals surface area contributed by atoms with E-state index in [1.54, 1.807) is 30.3 Å². The highest BCUT2D eigenvalue weighted by Crippen LogP contribution is 2.31. The van der Waals surface area contributed by atoms with Crippen LogP contribution in [0.5, 0.6) is 11.5 Å². The van der Waals surface area contributed by atoms with Crippen LogP contribution < -0.4 is 9.47 Å². The fourth-order valence-electron chi connectivity index (χ4n) is 3.06. The first-order chi connectivity index (χ1) is 14.5. The number of hydrogen-bond donors (Lipinski definition) is 0. The van der Waals surface area contributed by atoms with Gasteiger partial charge in [-0.05, 0) is 54.8 Å². The fourth-order valence-corrected chi connectivity index (χ4v) is 3.06. The first-order valence-electron chi connectivity index (χ1n) is 10.1. The summed E-state index contributed by atoms with van der Waals surface area (Å²) in [4.78, 5) is 0. The molecule has 0 aliphatic rings. The average Bonchev–Trinajstić information content (AvgIpc) is 2.74. The summed E-state index contributed by atoms with van der Waals surface area (Å²) < 4.78 is 53.8. The van der Waals surface area contributed by atoms with E-state index in [1.807, 2.05) is 13.0 Å². The first kappa shape index (κ1) is 21.8. The van der Waals surface area contributed by atoms with E-state index in [4.69, 9.17) is 9.47 Å². The number of hydrogen-bond acceptors (Lipinski definition) is 2. The van der Waals surface area contributed by atoms with Crippen LogP contribution in [0.2, 0.25) is 0 Å². The second kappa shape index (κ2) is 10.2. The summed E-state index contributed by atoms with van der Waals surface area (Å²) in [6.07, 6.45) is 2.80. The van der Waals surface area contributed by atoms with Crippen molar-refractivity contribution < 1.29 is 22.6 Å². The van der Waals surface area contributed by atoms with Gasteiger partial charge in [0.25, 0.3) is 0 Å². The molecule has 0 heterocycles. The van der Waals surface area contributed by atoms with E-state index in [2.05, 4.69) is 6.92 Å². The van der Waals surface area contributed by atoms with Gasteiger partial charge >= 0.3 is 0 Å². The Balaban J connectivity index is 1.67. The van der Waals surface area contributed by atoms with Crippen LogP contribution in [0.1, 0.15) is 37.3 Å². The lowest BCUT2D eigenvalue weighted by Gasteiger charge is -2.11. The van der Waals surface area contributed by atoms with Crippen molar-refractivity contribution in [1.82, 2.24) is 0 Å². The average molecular weight is 414 g/mol. The van der Waals surface area contributed by atoms with Crippen molar-refractivity contribution >= 4 is 0 Å². The molecule has 0 fully saturated rings. The quantitative estimate of drug-likeness (QED) is 0.344. The third-order valence-electron chi connectivity index (χ3n) is 4.82. The van der Waals surface area contributed by atoms with Gasteiger partial charge in [-0.25, -0.2) is 8.78 Å². The molecule has 0 bridgehead atoms. The summed E-state index contributed by atoms with van der Waals surface area (Å²) in [5, 5.41) is 0. The Morgan fingerprint density at radius 2 is 1.57 bits per heavy atom. The Bertz CT molecular complexity index is 984. The number of halogens is 3. The normalized spacial score (nSPS) is 10.8. The van der Waals surface area contributed by atoms with Gasteiger partial charge in [-0.15, -0.1) is 0 Å². The van der Waals surface area contributed by atoms with Crippen molar-refractivity contribution in [3.63, 3.8) is 0 Å². The molecule has 2 nitrogen and oxygen atoms in total. The third kappa shape index (κ3) is 5.35. The van der Waals surface area contributed by atoms with E-state index < -0.39 is 11.6 Å². The molecule has 0 aliphatic heterocycles. The molecule has 0 saturated carbocycles. The molecule has 158 valence electrons. The maximum Gasteiger partial charge on any atom is 0.201 e. The summed E-state index contributed by atoms with van der Waals surface area (Å²) >= 11 is 0. The molecule has 30 heavy (non-hydrogen) atoms. The van der Waals surface area contributed by atoms with E-state index in [0.29, 0.717) is 23.5 Å². The fraction of sp³-hybridized carbons (Fsp3) is 0.280. The monoisotopic (exact) mass is 414 g/mol. The lowest BCUT2D eigenvalue weighted by molar-refractivity contribution is 0.286. The van der Waals surface area contributed by atoms with Gasteiger partial charge < -0.3 is 9.47 Å². The molecule has 0 saturated heterocycles. The van der Waals surface area contributed by atoms with Crippen molar-refractivity contribution in [2.24, 2.45) is 0 Å². The predicted molar refractivity (Wildman–Crippen MR) is 112 cm³/mol. The molecular formula is C25H25F3O2. The standard InChI is InChI=1S/C25H25F3O2/c1-3-4-5-14-29-23-13-12-21(24(27)25(23)28)18-8-10-20(11-9-18)30-16-19-7-6-17(2)15-22(19)26/h6-13,15H,3-5,14,16H2,1-2H3. The highest BCUT2D eigenvalue weighted by molar-refractivity contribution is 5.66. The van der Waals surface area contributed by atoms with Crippen LogP contribution in [-0.4, -0.2) is 6.61 Å². The molecule has 3 rings (SSSR count). The SMILES string of the molecule is CCCCCOc1ccc(-c2ccc(OCc3ccc(C)cc3F)cc2)c(F)c1F. The van der Waals surface area contributed by atoms with Crippen molar-refractivity contribution in [3.05, 3.63) is 83.2 Å². The Kier molecular flexibility index (Phi) is 7.39. The smallest absolute Gasteiger partial charge is 0.201 e. The highest BCUT2D eigenvalue weighted by Gasteiger charge is 2.16. The molecule has 0 amide bonds. The minimum absolute atomic E-state index is 0.0765. The molecule has 0 radical (unpaired) electrons. The van der Waals surface area contributed by atoms with Gasteiger partial charge in [0.2, 0.25) is 5.82 Å². The third-order valence-corrected chi connectivity index (χ3v) is 4.82. The summed E-state index contributed by atoms with van der Waals surface area (Å²) in [5.41, 5.74) is 1.95. The lowest BCUT2D eigenvalue weighted by atomic mass is 10.0. The second-order valence-corrected chi connectivity index (χ2v) is 7.20. The van der Waals surface area contributed by atoms with Crippen LogP contribution in [0.15, 0.2) is 54.6 Å². The zero-order valence-corrected chi connectivity index (χ0v) is 17.2. The molecule has 0 unspecified atom stereocenters. The van der Waals surface area contributed by atoms with Crippen molar-refractivity contribution in [1.29, 1.82) is 0 Å². The Labute approximate surface area is 175 Å². The van der Waals surface area contributed by atoms with Crippen LogP contribution in [0.3, 0.4) is 0 Å². The van der Waals surface area contributed by atoms with Crippen LogP contribution in [0.4, 0.5) is 13.2 Å². The van der Waals surface area contributed by atoms with Gasteiger partial charge in [0.05, 0.1) is 6.61 Å². The van der Waals surface area contributed by atoms with Crippen LogP contribution in [-0.2, 0) is 6.61 Å². The molecule has 0 aliphatic carbocycles. The first-order valence-corrected chi connectivity index (χ1v) is 10.1. The maximum atomic E-state index is 14.5. The maximum absolute atomic E-state index is 14.5. The summed E-state index contributed by atoms with van der Waals surface area (Å²) in [5.74, 6) is -1.82. The van der Waals surface area contributed by atoms with Crippen LogP contribution >= 0.6 is 0 Å². The van der Waals surface area contributed by atoms with Crippen LogP contribution in [0.25, 0.3) is 11.1 Å². The van der Waals surface area contributed by atoms with Gasteiger partial charge in [-0.2, -0.15) is 4.39 Å². The Morgan fingerprint density at radius 3 is 2.27 bits per heavy atom. The highest BCUT2D eigenvalue weighted by atomic mass is 19.2. The van der Waals surface area contributed by atoms with Gasteiger partial charge in [-0.3, -0.25) is 0 Å². The van der Waals surface area contributed by atoms with Gasteiger partial charge in [0.1, 0.15) is 18.2 Å². The van der Waals surface area contributed by atoms with E-state index >= 15 is 0 Å². The zero-order valence-electron chi connectivity index (χ0n) is 17.2. The number of aryl methyl sites for hydroxylation is 1. The molecule has 0 atom stereocenters. The summed E-state index contributed by atoms with van der Waals surface area (Å²) in [6.45, 7) is 4.32. The van der Waals surface area contributed by atoms with Crippen molar-refractivity contribution in [3.8, 4) is 22.6 Å². The van der Waals surface area contributed by atoms with E-state index in [1.165, 1.54) is 18.2 Å². The Hall–Kier alpha value is -2.95. The van der Waals surface area contributed by atoms with Crippen molar-refractivity contribution in [2.45, 2.75) is 39.7 Å². The zero-order chi connectivity index (χ0) is 21.5. The largest absolute Gasteiger partial charge is 0.490 e. The minimum atomic E-state index is -0.987. The van der Waals surface area contributed by atoms with Crippen molar-refractivity contribution in [2.75, 3.05) is 6.61 Å². The number of ether oxygens (including phenoxy) is 2. The number of benzene rings is 3. The molecule has 0 aromatic heterocycles. The number of unbranched alkanes of at least 4 members (excludes halogenated alkanes) is 2. The van der Waals surface area contributed by atoms with Gasteiger partial charge in [0.15, 0.2) is 11.6 Å². The topological polar surface area (TPSA) is 18.5 Å². The summed E-state index contributed by atoms with van der Waals surface area (Å²) in [6, 6.07) is 14.5.